The molecule has 2 aromatic rings. The summed E-state index contributed by atoms with van der Waals surface area (Å²) in [6.07, 6.45) is 1.78. The summed E-state index contributed by atoms with van der Waals surface area (Å²) in [5.41, 5.74) is 2.74. The molecule has 1 amide bonds. The van der Waals surface area contributed by atoms with Gasteiger partial charge in [0.05, 0.1) is 11.9 Å². The number of nitrogens with zero attached hydrogens (tertiary/aromatic N) is 3. The Morgan fingerprint density at radius 2 is 2.00 bits per heavy atom. The van der Waals surface area contributed by atoms with Crippen LogP contribution in [0, 0.1) is 13.8 Å². The maximum atomic E-state index is 12.2. The topological polar surface area (TPSA) is 92.3 Å². The molecule has 0 aliphatic rings. The van der Waals surface area contributed by atoms with Crippen LogP contribution in [0.4, 0.5) is 10.8 Å². The maximum Gasteiger partial charge on any atom is 0.232 e. The molecule has 0 bridgehead atoms. The number of benzene rings is 1. The zero-order chi connectivity index (χ0) is 20.0. The van der Waals surface area contributed by atoms with E-state index < -0.39 is 10.0 Å². The summed E-state index contributed by atoms with van der Waals surface area (Å²) in [7, 11) is -3.43. The van der Waals surface area contributed by atoms with Crippen LogP contribution in [0.5, 0.6) is 0 Å². The number of carbonyl (C=O) groups is 1. The fourth-order valence-corrected chi connectivity index (χ4v) is 5.00. The van der Waals surface area contributed by atoms with Gasteiger partial charge in [0.25, 0.3) is 0 Å². The van der Waals surface area contributed by atoms with Crippen LogP contribution >= 0.6 is 23.1 Å². The quantitative estimate of drug-likeness (QED) is 0.486. The molecule has 0 fully saturated rings. The van der Waals surface area contributed by atoms with Crippen LogP contribution in [0.25, 0.3) is 0 Å². The first-order valence-corrected chi connectivity index (χ1v) is 12.2. The summed E-state index contributed by atoms with van der Waals surface area (Å²) in [5.74, 6) is 0.690. The molecule has 0 spiro atoms. The number of amides is 1. The van der Waals surface area contributed by atoms with Crippen molar-refractivity contribution in [1.29, 1.82) is 0 Å². The molecule has 148 valence electrons. The zero-order valence-corrected chi connectivity index (χ0v) is 18.3. The van der Waals surface area contributed by atoms with Gasteiger partial charge in [0.2, 0.25) is 21.1 Å². The molecular formula is C17H24N4O3S3. The minimum Gasteiger partial charge on any atom is -0.301 e. The molecule has 0 aliphatic carbocycles. The Kier molecular flexibility index (Phi) is 7.63. The Morgan fingerprint density at radius 1 is 1.26 bits per heavy atom. The van der Waals surface area contributed by atoms with Crippen molar-refractivity contribution in [1.82, 2.24) is 10.2 Å². The molecule has 0 atom stereocenters. The summed E-state index contributed by atoms with van der Waals surface area (Å²) in [4.78, 5) is 12.1. The second-order valence-corrected chi connectivity index (χ2v) is 10.5. The minimum absolute atomic E-state index is 0.201. The van der Waals surface area contributed by atoms with Gasteiger partial charge in [0.15, 0.2) is 4.34 Å². The number of aryl methyl sites for hydroxylation is 2. The van der Waals surface area contributed by atoms with E-state index in [0.29, 0.717) is 17.2 Å². The molecule has 1 aromatic heterocycles. The van der Waals surface area contributed by atoms with Crippen LogP contribution in [0.15, 0.2) is 22.5 Å². The molecule has 0 saturated carbocycles. The van der Waals surface area contributed by atoms with Gasteiger partial charge in [-0.1, -0.05) is 36.1 Å². The zero-order valence-electron chi connectivity index (χ0n) is 15.9. The van der Waals surface area contributed by atoms with E-state index in [0.717, 1.165) is 21.2 Å². The number of rotatable bonds is 9. The van der Waals surface area contributed by atoms with Gasteiger partial charge < -0.3 is 5.32 Å². The van der Waals surface area contributed by atoms with E-state index in [1.54, 1.807) is 17.8 Å². The van der Waals surface area contributed by atoms with Gasteiger partial charge in [-0.25, -0.2) is 8.42 Å². The number of nitrogens with one attached hydrogen (secondary N) is 1. The summed E-state index contributed by atoms with van der Waals surface area (Å²) >= 11 is 2.90. The molecule has 7 nitrogen and oxygen atoms in total. The summed E-state index contributed by atoms with van der Waals surface area (Å²) in [6, 6.07) is 5.54. The predicted octanol–water partition coefficient (Wildman–Crippen LogP) is 3.45. The number of aromatic nitrogens is 2. The fourth-order valence-electron chi connectivity index (χ4n) is 2.37. The third kappa shape index (κ3) is 6.47. The first-order chi connectivity index (χ1) is 12.7. The lowest BCUT2D eigenvalue weighted by Crippen LogP contribution is -2.31. The van der Waals surface area contributed by atoms with Gasteiger partial charge in [0, 0.05) is 13.0 Å². The van der Waals surface area contributed by atoms with Crippen molar-refractivity contribution < 1.29 is 13.2 Å². The molecule has 0 unspecified atom stereocenters. The minimum atomic E-state index is -3.43. The van der Waals surface area contributed by atoms with Crippen molar-refractivity contribution in [2.45, 2.75) is 38.0 Å². The highest BCUT2D eigenvalue weighted by Gasteiger charge is 2.18. The average Bonchev–Trinajstić information content (AvgIpc) is 3.00. The van der Waals surface area contributed by atoms with E-state index >= 15 is 0 Å². The molecule has 0 aliphatic heterocycles. The Hall–Kier alpha value is -1.65. The van der Waals surface area contributed by atoms with Crippen molar-refractivity contribution in [3.63, 3.8) is 0 Å². The first-order valence-electron chi connectivity index (χ1n) is 8.52. The molecule has 0 radical (unpaired) electrons. The predicted molar refractivity (Wildman–Crippen MR) is 112 cm³/mol. The molecule has 1 heterocycles. The summed E-state index contributed by atoms with van der Waals surface area (Å²) in [5, 5.41) is 11.1. The number of hydrogen-bond donors (Lipinski definition) is 1. The third-order valence-corrected chi connectivity index (χ3v) is 6.91. The molecule has 2 rings (SSSR count). The van der Waals surface area contributed by atoms with Crippen molar-refractivity contribution in [2.24, 2.45) is 0 Å². The molecule has 1 aromatic carbocycles. The summed E-state index contributed by atoms with van der Waals surface area (Å²) in [6.45, 7) is 6.18. The fraction of sp³-hybridized carbons (Fsp3) is 0.471. The van der Waals surface area contributed by atoms with Gasteiger partial charge in [-0.05, 0) is 49.3 Å². The Morgan fingerprint density at radius 3 is 2.63 bits per heavy atom. The molecule has 10 heteroatoms. The van der Waals surface area contributed by atoms with Crippen LogP contribution in [0.3, 0.4) is 0 Å². The Bertz CT molecular complexity index is 897. The molecular weight excluding hydrogens is 404 g/mol. The monoisotopic (exact) mass is 428 g/mol. The van der Waals surface area contributed by atoms with Crippen LogP contribution in [0.1, 0.15) is 30.9 Å². The molecule has 1 N–H and O–H groups in total. The number of hydrogen-bond acceptors (Lipinski definition) is 7. The van der Waals surface area contributed by atoms with Crippen LogP contribution in [-0.2, 0) is 14.8 Å². The number of anilines is 2. The smallest absolute Gasteiger partial charge is 0.232 e. The third-order valence-electron chi connectivity index (χ3n) is 3.86. The van der Waals surface area contributed by atoms with Crippen LogP contribution in [-0.4, -0.2) is 43.1 Å². The highest BCUT2D eigenvalue weighted by molar-refractivity contribution is 8.01. The van der Waals surface area contributed by atoms with Gasteiger partial charge in [-0.3, -0.25) is 9.10 Å². The second-order valence-electron chi connectivity index (χ2n) is 6.06. The van der Waals surface area contributed by atoms with Crippen molar-refractivity contribution in [3.8, 4) is 0 Å². The Labute approximate surface area is 168 Å². The SMILES string of the molecule is CCSc1nnc(NC(=O)CCCN(c2ccc(C)c(C)c2)S(C)(=O)=O)s1. The lowest BCUT2D eigenvalue weighted by atomic mass is 10.1. The van der Waals surface area contributed by atoms with Gasteiger partial charge in [-0.15, -0.1) is 10.2 Å². The summed E-state index contributed by atoms with van der Waals surface area (Å²) < 4.78 is 26.5. The van der Waals surface area contributed by atoms with Gasteiger partial charge in [0.1, 0.15) is 0 Å². The van der Waals surface area contributed by atoms with E-state index in [1.807, 2.05) is 32.9 Å². The number of carbonyl (C=O) groups excluding carboxylic acids is 1. The van der Waals surface area contributed by atoms with E-state index in [1.165, 1.54) is 21.9 Å². The van der Waals surface area contributed by atoms with E-state index in [9.17, 15) is 13.2 Å². The van der Waals surface area contributed by atoms with Gasteiger partial charge in [-0.2, -0.15) is 0 Å². The average molecular weight is 429 g/mol. The highest BCUT2D eigenvalue weighted by Crippen LogP contribution is 2.25. The normalized spacial score (nSPS) is 11.4. The Balaban J connectivity index is 1.94. The number of sulfonamides is 1. The van der Waals surface area contributed by atoms with E-state index in [2.05, 4.69) is 15.5 Å². The van der Waals surface area contributed by atoms with Crippen LogP contribution < -0.4 is 9.62 Å². The van der Waals surface area contributed by atoms with Crippen molar-refractivity contribution in [2.75, 3.05) is 28.2 Å². The van der Waals surface area contributed by atoms with Crippen molar-refractivity contribution >= 4 is 49.8 Å². The van der Waals surface area contributed by atoms with Crippen molar-refractivity contribution in [3.05, 3.63) is 29.3 Å². The van der Waals surface area contributed by atoms with Gasteiger partial charge >= 0.3 is 0 Å². The standard InChI is InChI=1S/C17H24N4O3S3/c1-5-25-17-20-19-16(26-17)18-15(22)7-6-10-21(27(4,23)24)14-9-8-12(2)13(3)11-14/h8-9,11H,5-7,10H2,1-4H3,(H,18,19,22). The highest BCUT2D eigenvalue weighted by atomic mass is 32.2. The number of thioether (sulfide) groups is 1. The molecule has 27 heavy (non-hydrogen) atoms. The maximum absolute atomic E-state index is 12.2. The lowest BCUT2D eigenvalue weighted by Gasteiger charge is -2.23. The largest absolute Gasteiger partial charge is 0.301 e. The first kappa shape index (κ1) is 21.6. The second kappa shape index (κ2) is 9.52. The van der Waals surface area contributed by atoms with Crippen LogP contribution in [0.2, 0.25) is 0 Å². The van der Waals surface area contributed by atoms with E-state index in [-0.39, 0.29) is 18.9 Å². The van der Waals surface area contributed by atoms with E-state index in [4.69, 9.17) is 0 Å². The molecule has 0 saturated heterocycles. The lowest BCUT2D eigenvalue weighted by molar-refractivity contribution is -0.116.